The predicted molar refractivity (Wildman–Crippen MR) is 85.0 cm³/mol. The van der Waals surface area contributed by atoms with Crippen LogP contribution in [-0.4, -0.2) is 18.9 Å². The number of carbonyl (C=O) groups is 2. The highest BCUT2D eigenvalue weighted by Gasteiger charge is 2.13. The first kappa shape index (κ1) is 15.6. The van der Waals surface area contributed by atoms with Crippen molar-refractivity contribution in [2.24, 2.45) is 5.73 Å². The minimum absolute atomic E-state index is 0.256. The number of nitrogens with two attached hydrogens (primary N) is 1. The van der Waals surface area contributed by atoms with Crippen molar-refractivity contribution in [2.45, 2.75) is 12.8 Å². The fourth-order valence-corrected chi connectivity index (χ4v) is 2.05. The van der Waals surface area contributed by atoms with Gasteiger partial charge in [-0.05, 0) is 36.8 Å². The molecule has 114 valence electrons. The Kier molecular flexibility index (Phi) is 4.78. The molecule has 2 aromatic carbocycles. The van der Waals surface area contributed by atoms with Gasteiger partial charge in [0.2, 0.25) is 5.91 Å². The highest BCUT2D eigenvalue weighted by Crippen LogP contribution is 2.21. The monoisotopic (exact) mass is 298 g/mol. The van der Waals surface area contributed by atoms with Crippen LogP contribution in [0.2, 0.25) is 0 Å². The van der Waals surface area contributed by atoms with Crippen molar-refractivity contribution in [3.05, 3.63) is 59.7 Å². The van der Waals surface area contributed by atoms with Gasteiger partial charge in [-0.2, -0.15) is 0 Å². The molecule has 0 aliphatic heterocycles. The molecule has 2 rings (SSSR count). The van der Waals surface area contributed by atoms with E-state index >= 15 is 0 Å². The molecule has 0 spiro atoms. The maximum absolute atomic E-state index is 12.3. The molecular formula is C17H18N2O3. The summed E-state index contributed by atoms with van der Waals surface area (Å²) in [7, 11) is 1.52. The molecule has 22 heavy (non-hydrogen) atoms. The van der Waals surface area contributed by atoms with Crippen LogP contribution in [0.5, 0.6) is 5.75 Å². The first-order valence-electron chi connectivity index (χ1n) is 6.86. The van der Waals surface area contributed by atoms with E-state index in [0.29, 0.717) is 17.0 Å². The summed E-state index contributed by atoms with van der Waals surface area (Å²) in [5.74, 6) is -0.489. The van der Waals surface area contributed by atoms with Crippen LogP contribution in [0.3, 0.4) is 0 Å². The van der Waals surface area contributed by atoms with Crippen molar-refractivity contribution in [3.63, 3.8) is 0 Å². The number of primary amides is 1. The lowest BCUT2D eigenvalue weighted by molar-refractivity contribution is -0.119. The number of hydrogen-bond acceptors (Lipinski definition) is 3. The van der Waals surface area contributed by atoms with Crippen LogP contribution in [0.15, 0.2) is 48.5 Å². The summed E-state index contributed by atoms with van der Waals surface area (Å²) in [5.41, 5.74) is 7.17. The number of benzene rings is 2. The van der Waals surface area contributed by atoms with Gasteiger partial charge in [-0.1, -0.05) is 24.3 Å². The number of nitrogens with one attached hydrogen (secondary N) is 1. The van der Waals surface area contributed by atoms with E-state index in [1.54, 1.807) is 55.5 Å². The van der Waals surface area contributed by atoms with Crippen LogP contribution in [-0.2, 0) is 4.79 Å². The molecule has 0 aromatic heterocycles. The van der Waals surface area contributed by atoms with Gasteiger partial charge in [0.15, 0.2) is 0 Å². The first-order valence-corrected chi connectivity index (χ1v) is 6.86. The first-order chi connectivity index (χ1) is 10.5. The zero-order valence-corrected chi connectivity index (χ0v) is 12.5. The standard InChI is InChI=1S/C17H18N2O3/c1-11(16(18)20)12-7-9-13(10-8-12)19-17(21)14-5-3-4-6-15(14)22-2/h3-11H,1-2H3,(H2,18,20)(H,19,21). The summed E-state index contributed by atoms with van der Waals surface area (Å²) in [6, 6.07) is 14.0. The van der Waals surface area contributed by atoms with E-state index in [0.717, 1.165) is 5.56 Å². The fourth-order valence-electron chi connectivity index (χ4n) is 2.05. The van der Waals surface area contributed by atoms with Gasteiger partial charge in [0.25, 0.3) is 5.91 Å². The lowest BCUT2D eigenvalue weighted by atomic mass is 10.0. The quantitative estimate of drug-likeness (QED) is 0.890. The second-order valence-electron chi connectivity index (χ2n) is 4.90. The molecule has 2 amide bonds. The van der Waals surface area contributed by atoms with Crippen molar-refractivity contribution in [1.29, 1.82) is 0 Å². The summed E-state index contributed by atoms with van der Waals surface area (Å²) in [5, 5.41) is 2.79. The Morgan fingerprint density at radius 3 is 2.32 bits per heavy atom. The maximum atomic E-state index is 12.3. The van der Waals surface area contributed by atoms with Crippen molar-refractivity contribution in [1.82, 2.24) is 0 Å². The number of rotatable bonds is 5. The van der Waals surface area contributed by atoms with Crippen LogP contribution in [0.25, 0.3) is 0 Å². The van der Waals surface area contributed by atoms with Crippen LogP contribution >= 0.6 is 0 Å². The van der Waals surface area contributed by atoms with Crippen molar-refractivity contribution < 1.29 is 14.3 Å². The van der Waals surface area contributed by atoms with Crippen molar-refractivity contribution >= 4 is 17.5 Å². The fraction of sp³-hybridized carbons (Fsp3) is 0.176. The van der Waals surface area contributed by atoms with E-state index in [2.05, 4.69) is 5.32 Å². The molecule has 5 nitrogen and oxygen atoms in total. The van der Waals surface area contributed by atoms with Crippen LogP contribution < -0.4 is 15.8 Å². The Balaban J connectivity index is 2.14. The van der Waals surface area contributed by atoms with Gasteiger partial charge < -0.3 is 15.8 Å². The summed E-state index contributed by atoms with van der Waals surface area (Å²) in [6.07, 6.45) is 0. The van der Waals surface area contributed by atoms with E-state index in [1.807, 2.05) is 0 Å². The normalized spacial score (nSPS) is 11.5. The Bertz CT molecular complexity index is 681. The predicted octanol–water partition coefficient (Wildman–Crippen LogP) is 2.54. The minimum atomic E-state index is -0.384. The molecular weight excluding hydrogens is 280 g/mol. The topological polar surface area (TPSA) is 81.4 Å². The summed E-state index contributed by atoms with van der Waals surface area (Å²) < 4.78 is 5.17. The number of para-hydroxylation sites is 1. The summed E-state index contributed by atoms with van der Waals surface area (Å²) >= 11 is 0. The molecule has 5 heteroatoms. The molecule has 1 unspecified atom stereocenters. The number of amides is 2. The molecule has 0 aliphatic rings. The van der Waals surface area contributed by atoms with E-state index in [1.165, 1.54) is 7.11 Å². The summed E-state index contributed by atoms with van der Waals surface area (Å²) in [4.78, 5) is 23.4. The van der Waals surface area contributed by atoms with Crippen molar-refractivity contribution in [3.8, 4) is 5.75 Å². The zero-order valence-electron chi connectivity index (χ0n) is 12.5. The molecule has 0 saturated carbocycles. The van der Waals surface area contributed by atoms with E-state index in [4.69, 9.17) is 10.5 Å². The van der Waals surface area contributed by atoms with E-state index in [9.17, 15) is 9.59 Å². The average Bonchev–Trinajstić information content (AvgIpc) is 2.54. The lowest BCUT2D eigenvalue weighted by Gasteiger charge is -2.11. The van der Waals surface area contributed by atoms with Crippen LogP contribution in [0.4, 0.5) is 5.69 Å². The number of carbonyl (C=O) groups excluding carboxylic acids is 2. The molecule has 0 saturated heterocycles. The average molecular weight is 298 g/mol. The molecule has 1 atom stereocenters. The number of hydrogen-bond donors (Lipinski definition) is 2. The summed E-state index contributed by atoms with van der Waals surface area (Å²) in [6.45, 7) is 1.74. The number of ether oxygens (including phenoxy) is 1. The third-order valence-corrected chi connectivity index (χ3v) is 3.45. The smallest absolute Gasteiger partial charge is 0.259 e. The van der Waals surface area contributed by atoms with Gasteiger partial charge in [0.1, 0.15) is 5.75 Å². The second kappa shape index (κ2) is 6.76. The van der Waals surface area contributed by atoms with Crippen molar-refractivity contribution in [2.75, 3.05) is 12.4 Å². The van der Waals surface area contributed by atoms with Crippen LogP contribution in [0, 0.1) is 0 Å². The maximum Gasteiger partial charge on any atom is 0.259 e. The Morgan fingerprint density at radius 1 is 1.09 bits per heavy atom. The third kappa shape index (κ3) is 3.44. The van der Waals surface area contributed by atoms with Gasteiger partial charge in [-0.15, -0.1) is 0 Å². The second-order valence-corrected chi connectivity index (χ2v) is 4.90. The molecule has 0 fully saturated rings. The van der Waals surface area contributed by atoms with Gasteiger partial charge in [-0.3, -0.25) is 9.59 Å². The van der Waals surface area contributed by atoms with Gasteiger partial charge in [-0.25, -0.2) is 0 Å². The van der Waals surface area contributed by atoms with E-state index < -0.39 is 0 Å². The van der Waals surface area contributed by atoms with Gasteiger partial charge in [0.05, 0.1) is 18.6 Å². The zero-order chi connectivity index (χ0) is 16.1. The number of methoxy groups -OCH3 is 1. The Morgan fingerprint density at radius 2 is 1.73 bits per heavy atom. The highest BCUT2D eigenvalue weighted by molar-refractivity contribution is 6.06. The molecule has 0 radical (unpaired) electrons. The molecule has 3 N–H and O–H groups in total. The molecule has 0 bridgehead atoms. The number of anilines is 1. The Hall–Kier alpha value is -2.82. The minimum Gasteiger partial charge on any atom is -0.496 e. The lowest BCUT2D eigenvalue weighted by Crippen LogP contribution is -2.18. The third-order valence-electron chi connectivity index (χ3n) is 3.45. The van der Waals surface area contributed by atoms with E-state index in [-0.39, 0.29) is 17.7 Å². The Labute approximate surface area is 129 Å². The SMILES string of the molecule is COc1ccccc1C(=O)Nc1ccc(C(C)C(N)=O)cc1. The highest BCUT2D eigenvalue weighted by atomic mass is 16.5. The molecule has 0 aliphatic carbocycles. The largest absolute Gasteiger partial charge is 0.496 e. The molecule has 0 heterocycles. The van der Waals surface area contributed by atoms with Crippen LogP contribution in [0.1, 0.15) is 28.8 Å². The van der Waals surface area contributed by atoms with Gasteiger partial charge >= 0.3 is 0 Å². The molecule has 2 aromatic rings. The van der Waals surface area contributed by atoms with Gasteiger partial charge in [0, 0.05) is 5.69 Å².